The highest BCUT2D eigenvalue weighted by Crippen LogP contribution is 2.43. The second-order valence-electron chi connectivity index (χ2n) is 8.89. The number of aromatic nitrogens is 1. The van der Waals surface area contributed by atoms with E-state index in [1.807, 2.05) is 72.9 Å². The maximum Gasteiger partial charge on any atom is 0.255 e. The molecule has 0 unspecified atom stereocenters. The molecule has 0 fully saturated rings. The van der Waals surface area contributed by atoms with Gasteiger partial charge in [0.05, 0.1) is 17.8 Å². The molecule has 2 atom stereocenters. The summed E-state index contributed by atoms with van der Waals surface area (Å²) in [6.07, 6.45) is 4.99. The average molecular weight is 445 g/mol. The third-order valence-electron chi connectivity index (χ3n) is 6.61. The number of aryl methyl sites for hydroxylation is 1. The van der Waals surface area contributed by atoms with Crippen molar-refractivity contribution < 1.29 is 4.79 Å². The molecule has 2 heterocycles. The molecule has 1 aromatic heterocycles. The van der Waals surface area contributed by atoms with Crippen molar-refractivity contribution in [3.8, 4) is 11.3 Å². The number of pyridine rings is 1. The summed E-state index contributed by atoms with van der Waals surface area (Å²) in [4.78, 5) is 20.9. The van der Waals surface area contributed by atoms with Crippen LogP contribution >= 0.6 is 0 Å². The summed E-state index contributed by atoms with van der Waals surface area (Å²) in [5.41, 5.74) is 7.27. The molecule has 3 nitrogen and oxygen atoms in total. The van der Waals surface area contributed by atoms with Crippen LogP contribution in [0.4, 0.5) is 0 Å². The van der Waals surface area contributed by atoms with Gasteiger partial charge in [-0.3, -0.25) is 9.78 Å². The molecule has 3 heteroatoms. The number of carbonyl (C=O) groups is 1. The van der Waals surface area contributed by atoms with E-state index in [-0.39, 0.29) is 18.0 Å². The number of nitrogens with zero attached hydrogens (tertiary/aromatic N) is 2. The van der Waals surface area contributed by atoms with E-state index in [9.17, 15) is 4.79 Å². The summed E-state index contributed by atoms with van der Waals surface area (Å²) in [6.45, 7) is 4.22. The fourth-order valence-corrected chi connectivity index (χ4v) is 4.94. The number of hydrogen-bond donors (Lipinski definition) is 0. The van der Waals surface area contributed by atoms with Crippen LogP contribution in [-0.4, -0.2) is 15.8 Å². The van der Waals surface area contributed by atoms with Gasteiger partial charge in [-0.2, -0.15) is 0 Å². The lowest BCUT2D eigenvalue weighted by atomic mass is 9.87. The zero-order valence-electron chi connectivity index (χ0n) is 19.6. The maximum absolute atomic E-state index is 14.0. The second kappa shape index (κ2) is 9.48. The van der Waals surface area contributed by atoms with Gasteiger partial charge in [0.2, 0.25) is 0 Å². The molecule has 0 N–H and O–H groups in total. The van der Waals surface area contributed by atoms with Crippen LogP contribution in [0, 0.1) is 6.92 Å². The Hall–Kier alpha value is -3.98. The lowest BCUT2D eigenvalue weighted by Gasteiger charge is -2.42. The summed E-state index contributed by atoms with van der Waals surface area (Å²) < 4.78 is 0. The summed E-state index contributed by atoms with van der Waals surface area (Å²) in [7, 11) is 0. The van der Waals surface area contributed by atoms with Crippen LogP contribution in [0.5, 0.6) is 0 Å². The SMILES string of the molecule is CC1=CC[C@@H](c2cnc(-c3ccccc3)c(C)c2)N(C(=O)c2ccccc2)[C@@H]1c1ccccc1. The van der Waals surface area contributed by atoms with Crippen molar-refractivity contribution >= 4 is 5.91 Å². The molecule has 0 saturated heterocycles. The van der Waals surface area contributed by atoms with E-state index in [0.29, 0.717) is 5.56 Å². The predicted molar refractivity (Wildman–Crippen MR) is 137 cm³/mol. The van der Waals surface area contributed by atoms with Crippen molar-refractivity contribution in [1.82, 2.24) is 9.88 Å². The van der Waals surface area contributed by atoms with E-state index in [4.69, 9.17) is 4.98 Å². The molecular formula is C31H28N2O. The first kappa shape index (κ1) is 21.8. The van der Waals surface area contributed by atoms with Gasteiger partial charge in [0.1, 0.15) is 0 Å². The van der Waals surface area contributed by atoms with Crippen LogP contribution in [0.1, 0.15) is 52.5 Å². The Bertz CT molecular complexity index is 1310. The Kier molecular flexibility index (Phi) is 6.09. The molecule has 0 bridgehead atoms. The summed E-state index contributed by atoms with van der Waals surface area (Å²) >= 11 is 0. The van der Waals surface area contributed by atoms with E-state index in [0.717, 1.165) is 34.4 Å². The Morgan fingerprint density at radius 2 is 1.44 bits per heavy atom. The first-order valence-electron chi connectivity index (χ1n) is 11.7. The van der Waals surface area contributed by atoms with Crippen LogP contribution in [0.2, 0.25) is 0 Å². The van der Waals surface area contributed by atoms with Gasteiger partial charge in [0, 0.05) is 17.3 Å². The van der Waals surface area contributed by atoms with Crippen molar-refractivity contribution in [3.63, 3.8) is 0 Å². The fraction of sp³-hybridized carbons (Fsp3) is 0.161. The van der Waals surface area contributed by atoms with Crippen LogP contribution in [-0.2, 0) is 0 Å². The van der Waals surface area contributed by atoms with Gasteiger partial charge in [-0.05, 0) is 49.1 Å². The zero-order valence-corrected chi connectivity index (χ0v) is 19.6. The van der Waals surface area contributed by atoms with Crippen molar-refractivity contribution in [2.24, 2.45) is 0 Å². The average Bonchev–Trinajstić information content (AvgIpc) is 2.89. The summed E-state index contributed by atoms with van der Waals surface area (Å²) in [5, 5.41) is 0. The lowest BCUT2D eigenvalue weighted by Crippen LogP contribution is -2.40. The van der Waals surface area contributed by atoms with Crippen LogP contribution in [0.25, 0.3) is 11.3 Å². The van der Waals surface area contributed by atoms with Crippen molar-refractivity contribution in [1.29, 1.82) is 0 Å². The standard InChI is InChI=1S/C31H28N2O/c1-22-18-19-28(27-20-23(2)29(32-21-27)24-12-6-3-7-13-24)33(30(22)25-14-8-4-9-15-25)31(34)26-16-10-5-11-17-26/h3-18,20-21,28,30H,19H2,1-2H3/t28-,30-/m0/s1. The van der Waals surface area contributed by atoms with Gasteiger partial charge >= 0.3 is 0 Å². The van der Waals surface area contributed by atoms with Gasteiger partial charge < -0.3 is 4.90 Å². The highest BCUT2D eigenvalue weighted by atomic mass is 16.2. The molecule has 1 amide bonds. The van der Waals surface area contributed by atoms with Crippen LogP contribution in [0.15, 0.2) is 115 Å². The molecular weight excluding hydrogens is 416 g/mol. The van der Waals surface area contributed by atoms with Gasteiger partial charge in [-0.25, -0.2) is 0 Å². The van der Waals surface area contributed by atoms with Gasteiger partial charge in [0.15, 0.2) is 0 Å². The molecule has 3 aromatic carbocycles. The van der Waals surface area contributed by atoms with Gasteiger partial charge in [0.25, 0.3) is 5.91 Å². The van der Waals surface area contributed by atoms with E-state index in [1.54, 1.807) is 0 Å². The number of carbonyl (C=O) groups excluding carboxylic acids is 1. The molecule has 1 aliphatic rings. The normalized spacial score (nSPS) is 17.8. The fourth-order valence-electron chi connectivity index (χ4n) is 4.94. The third-order valence-corrected chi connectivity index (χ3v) is 6.61. The van der Waals surface area contributed by atoms with E-state index in [2.05, 4.69) is 55.2 Å². The van der Waals surface area contributed by atoms with Crippen LogP contribution in [0.3, 0.4) is 0 Å². The second-order valence-corrected chi connectivity index (χ2v) is 8.89. The topological polar surface area (TPSA) is 33.2 Å². The minimum atomic E-state index is -0.123. The van der Waals surface area contributed by atoms with E-state index < -0.39 is 0 Å². The number of benzene rings is 3. The molecule has 168 valence electrons. The largest absolute Gasteiger partial charge is 0.320 e. The lowest BCUT2D eigenvalue weighted by molar-refractivity contribution is 0.0582. The Labute approximate surface area is 201 Å². The predicted octanol–water partition coefficient (Wildman–Crippen LogP) is 7.33. The number of amides is 1. The molecule has 0 aliphatic carbocycles. The Balaban J connectivity index is 1.60. The highest BCUT2D eigenvalue weighted by Gasteiger charge is 2.37. The molecule has 0 saturated carbocycles. The Morgan fingerprint density at radius 3 is 2.09 bits per heavy atom. The molecule has 34 heavy (non-hydrogen) atoms. The van der Waals surface area contributed by atoms with Crippen molar-refractivity contribution in [3.05, 3.63) is 137 Å². The zero-order chi connectivity index (χ0) is 23.5. The first-order chi connectivity index (χ1) is 16.6. The molecule has 5 rings (SSSR count). The van der Waals surface area contributed by atoms with E-state index in [1.165, 1.54) is 5.57 Å². The third kappa shape index (κ3) is 4.17. The van der Waals surface area contributed by atoms with Crippen LogP contribution < -0.4 is 0 Å². The molecule has 0 spiro atoms. The number of hydrogen-bond acceptors (Lipinski definition) is 2. The monoisotopic (exact) mass is 444 g/mol. The molecule has 0 radical (unpaired) electrons. The van der Waals surface area contributed by atoms with Crippen molar-refractivity contribution in [2.75, 3.05) is 0 Å². The number of rotatable bonds is 4. The van der Waals surface area contributed by atoms with Crippen molar-refractivity contribution in [2.45, 2.75) is 32.4 Å². The smallest absolute Gasteiger partial charge is 0.255 e. The quantitative estimate of drug-likeness (QED) is 0.309. The minimum Gasteiger partial charge on any atom is -0.320 e. The van der Waals surface area contributed by atoms with Gasteiger partial charge in [-0.1, -0.05) is 96.6 Å². The minimum absolute atomic E-state index is 0.0386. The summed E-state index contributed by atoms with van der Waals surface area (Å²) in [5.74, 6) is 0.0386. The Morgan fingerprint density at radius 1 is 0.824 bits per heavy atom. The summed E-state index contributed by atoms with van der Waals surface area (Å²) in [6, 6.07) is 32.1. The first-order valence-corrected chi connectivity index (χ1v) is 11.7. The van der Waals surface area contributed by atoms with E-state index >= 15 is 0 Å². The van der Waals surface area contributed by atoms with Gasteiger partial charge in [-0.15, -0.1) is 0 Å². The molecule has 4 aromatic rings. The maximum atomic E-state index is 14.0. The molecule has 1 aliphatic heterocycles. The highest BCUT2D eigenvalue weighted by molar-refractivity contribution is 5.95.